The van der Waals surface area contributed by atoms with E-state index in [-0.39, 0.29) is 12.6 Å². The van der Waals surface area contributed by atoms with Gasteiger partial charge in [-0.3, -0.25) is 0 Å². The van der Waals surface area contributed by atoms with Crippen LogP contribution in [0.3, 0.4) is 0 Å². The second-order valence-corrected chi connectivity index (χ2v) is 4.33. The number of nitrogens with one attached hydrogen (secondary N) is 1. The molecule has 0 aromatic rings. The van der Waals surface area contributed by atoms with Crippen molar-refractivity contribution < 1.29 is 8.42 Å². The highest BCUT2D eigenvalue weighted by Crippen LogP contribution is 2.02. The topological polar surface area (TPSA) is 73.2 Å². The van der Waals surface area contributed by atoms with Crippen molar-refractivity contribution >= 4 is 10.2 Å². The zero-order valence-corrected chi connectivity index (χ0v) is 8.22. The first kappa shape index (κ1) is 11.4. The third kappa shape index (κ3) is 2.77. The molecular formula is C6H13N3O2S. The highest BCUT2D eigenvalue weighted by molar-refractivity contribution is 7.87. The van der Waals surface area contributed by atoms with Crippen molar-refractivity contribution in [3.8, 4) is 6.07 Å². The Morgan fingerprint density at radius 3 is 2.33 bits per heavy atom. The molecule has 0 bridgehead atoms. The molecule has 70 valence electrons. The van der Waals surface area contributed by atoms with E-state index in [1.165, 1.54) is 7.05 Å². The van der Waals surface area contributed by atoms with Gasteiger partial charge in [-0.15, -0.1) is 0 Å². The fourth-order valence-corrected chi connectivity index (χ4v) is 1.75. The van der Waals surface area contributed by atoms with E-state index in [0.717, 1.165) is 4.31 Å². The van der Waals surface area contributed by atoms with Gasteiger partial charge in [0.05, 0.1) is 6.07 Å². The van der Waals surface area contributed by atoms with E-state index < -0.39 is 10.2 Å². The molecule has 6 heteroatoms. The third-order valence-corrected chi connectivity index (χ3v) is 3.05. The summed E-state index contributed by atoms with van der Waals surface area (Å²) in [5, 5.41) is 8.36. The molecule has 0 aliphatic rings. The van der Waals surface area contributed by atoms with Crippen LogP contribution in [0.1, 0.15) is 13.8 Å². The lowest BCUT2D eigenvalue weighted by Crippen LogP contribution is -2.43. The van der Waals surface area contributed by atoms with E-state index in [4.69, 9.17) is 5.26 Å². The van der Waals surface area contributed by atoms with E-state index in [9.17, 15) is 8.42 Å². The molecule has 0 aliphatic carbocycles. The molecule has 1 N–H and O–H groups in total. The van der Waals surface area contributed by atoms with Crippen LogP contribution in [0.25, 0.3) is 0 Å². The largest absolute Gasteiger partial charge is 0.280 e. The van der Waals surface area contributed by atoms with Gasteiger partial charge in [-0.05, 0) is 13.8 Å². The molecule has 0 spiro atoms. The SMILES string of the molecule is CNS(=O)(=O)N(CC#N)C(C)C. The van der Waals surface area contributed by atoms with Crippen molar-refractivity contribution in [2.45, 2.75) is 19.9 Å². The van der Waals surface area contributed by atoms with Crippen LogP contribution >= 0.6 is 0 Å². The Morgan fingerprint density at radius 2 is 2.08 bits per heavy atom. The molecule has 12 heavy (non-hydrogen) atoms. The van der Waals surface area contributed by atoms with Crippen LogP contribution in [0.5, 0.6) is 0 Å². The lowest BCUT2D eigenvalue weighted by Gasteiger charge is -2.21. The van der Waals surface area contributed by atoms with Crippen LogP contribution in [0, 0.1) is 11.3 Å². The molecule has 0 fully saturated rings. The van der Waals surface area contributed by atoms with Crippen molar-refractivity contribution in [2.24, 2.45) is 0 Å². The smallest absolute Gasteiger partial charge is 0.205 e. The monoisotopic (exact) mass is 191 g/mol. The Hall–Kier alpha value is -0.640. The predicted molar refractivity (Wildman–Crippen MR) is 45.4 cm³/mol. The van der Waals surface area contributed by atoms with Gasteiger partial charge in [-0.2, -0.15) is 18.0 Å². The molecule has 0 amide bonds. The molecule has 0 aromatic heterocycles. The Bertz CT molecular complexity index is 265. The van der Waals surface area contributed by atoms with E-state index in [1.54, 1.807) is 19.9 Å². The van der Waals surface area contributed by atoms with Gasteiger partial charge in [-0.1, -0.05) is 0 Å². The fourth-order valence-electron chi connectivity index (χ4n) is 0.732. The second kappa shape index (κ2) is 4.40. The minimum absolute atomic E-state index is 0.124. The molecular weight excluding hydrogens is 178 g/mol. The maximum Gasteiger partial charge on any atom is 0.280 e. The van der Waals surface area contributed by atoms with Crippen LogP contribution < -0.4 is 4.72 Å². The zero-order valence-electron chi connectivity index (χ0n) is 7.40. The summed E-state index contributed by atoms with van der Waals surface area (Å²) in [5.41, 5.74) is 0. The summed E-state index contributed by atoms with van der Waals surface area (Å²) in [4.78, 5) is 0. The molecule has 0 radical (unpaired) electrons. The number of nitriles is 1. The molecule has 0 saturated carbocycles. The Labute approximate surface area is 73.2 Å². The maximum absolute atomic E-state index is 11.2. The number of hydrogen-bond donors (Lipinski definition) is 1. The van der Waals surface area contributed by atoms with Gasteiger partial charge in [0.1, 0.15) is 6.54 Å². The second-order valence-electron chi connectivity index (χ2n) is 2.51. The summed E-state index contributed by atoms with van der Waals surface area (Å²) in [7, 11) is -2.14. The van der Waals surface area contributed by atoms with E-state index >= 15 is 0 Å². The van der Waals surface area contributed by atoms with Crippen molar-refractivity contribution in [3.63, 3.8) is 0 Å². The standard InChI is InChI=1S/C6H13N3O2S/c1-6(2)9(5-4-7)12(10,11)8-3/h6,8H,5H2,1-3H3. The van der Waals surface area contributed by atoms with Gasteiger partial charge in [0.2, 0.25) is 0 Å². The van der Waals surface area contributed by atoms with E-state index in [2.05, 4.69) is 4.72 Å². The van der Waals surface area contributed by atoms with Gasteiger partial charge >= 0.3 is 0 Å². The first-order valence-corrected chi connectivity index (χ1v) is 4.97. The van der Waals surface area contributed by atoms with Crippen molar-refractivity contribution in [3.05, 3.63) is 0 Å². The molecule has 5 nitrogen and oxygen atoms in total. The molecule has 0 aromatic carbocycles. The molecule has 0 aliphatic heterocycles. The zero-order chi connectivity index (χ0) is 9.78. The van der Waals surface area contributed by atoms with Gasteiger partial charge in [-0.25, -0.2) is 4.72 Å². The van der Waals surface area contributed by atoms with Crippen molar-refractivity contribution in [1.82, 2.24) is 9.03 Å². The molecule has 0 unspecified atom stereocenters. The highest BCUT2D eigenvalue weighted by atomic mass is 32.2. The average molecular weight is 191 g/mol. The number of rotatable bonds is 4. The molecule has 0 rings (SSSR count). The maximum atomic E-state index is 11.2. The molecule has 0 heterocycles. The van der Waals surface area contributed by atoms with Crippen LogP contribution in [0.15, 0.2) is 0 Å². The first-order chi connectivity index (χ1) is 5.45. The predicted octanol–water partition coefficient (Wildman–Crippen LogP) is -0.315. The summed E-state index contributed by atoms with van der Waals surface area (Å²) >= 11 is 0. The van der Waals surface area contributed by atoms with Gasteiger partial charge in [0.15, 0.2) is 0 Å². The van der Waals surface area contributed by atoms with Gasteiger partial charge in [0.25, 0.3) is 10.2 Å². The van der Waals surface area contributed by atoms with Crippen molar-refractivity contribution in [2.75, 3.05) is 13.6 Å². The Kier molecular flexibility index (Phi) is 4.17. The minimum Gasteiger partial charge on any atom is -0.205 e. The number of nitrogens with zero attached hydrogens (tertiary/aromatic N) is 2. The summed E-state index contributed by atoms with van der Waals surface area (Å²) in [6.07, 6.45) is 0. The van der Waals surface area contributed by atoms with Crippen LogP contribution in [0.4, 0.5) is 0 Å². The summed E-state index contributed by atoms with van der Waals surface area (Å²) in [5.74, 6) is 0. The fraction of sp³-hybridized carbons (Fsp3) is 0.833. The molecule has 0 saturated heterocycles. The lowest BCUT2D eigenvalue weighted by atomic mass is 10.4. The third-order valence-electron chi connectivity index (χ3n) is 1.37. The first-order valence-electron chi connectivity index (χ1n) is 3.53. The average Bonchev–Trinajstić information content (AvgIpc) is 1.99. The highest BCUT2D eigenvalue weighted by Gasteiger charge is 2.22. The van der Waals surface area contributed by atoms with E-state index in [1.807, 2.05) is 0 Å². The van der Waals surface area contributed by atoms with Gasteiger partial charge in [0, 0.05) is 13.1 Å². The lowest BCUT2D eigenvalue weighted by molar-refractivity contribution is 0.381. The Balaban J connectivity index is 4.66. The van der Waals surface area contributed by atoms with E-state index in [0.29, 0.717) is 0 Å². The van der Waals surface area contributed by atoms with Gasteiger partial charge < -0.3 is 0 Å². The normalized spacial score (nSPS) is 12.0. The van der Waals surface area contributed by atoms with Crippen LogP contribution in [-0.2, 0) is 10.2 Å². The Morgan fingerprint density at radius 1 is 1.58 bits per heavy atom. The van der Waals surface area contributed by atoms with Crippen LogP contribution in [0.2, 0.25) is 0 Å². The summed E-state index contributed by atoms with van der Waals surface area (Å²) < 4.78 is 25.6. The summed E-state index contributed by atoms with van der Waals surface area (Å²) in [6.45, 7) is 3.30. The minimum atomic E-state index is -3.46. The van der Waals surface area contributed by atoms with Crippen molar-refractivity contribution in [1.29, 1.82) is 5.26 Å². The molecule has 0 atom stereocenters. The quantitative estimate of drug-likeness (QED) is 0.619. The number of hydrogen-bond acceptors (Lipinski definition) is 3. The van der Waals surface area contributed by atoms with Crippen LogP contribution in [-0.4, -0.2) is 32.4 Å². The summed E-state index contributed by atoms with van der Waals surface area (Å²) in [6, 6.07) is 1.59.